The highest BCUT2D eigenvalue weighted by Gasteiger charge is 2.12. The predicted molar refractivity (Wildman–Crippen MR) is 77.0 cm³/mol. The van der Waals surface area contributed by atoms with E-state index < -0.39 is 0 Å². The summed E-state index contributed by atoms with van der Waals surface area (Å²) in [5.41, 5.74) is 2.51. The van der Waals surface area contributed by atoms with Crippen LogP contribution in [0.1, 0.15) is 16.5 Å². The van der Waals surface area contributed by atoms with E-state index in [1.165, 1.54) is 16.0 Å². The molecule has 0 heterocycles. The molecule has 0 bridgehead atoms. The Balaban J connectivity index is 2.17. The van der Waals surface area contributed by atoms with Gasteiger partial charge in [0, 0.05) is 4.90 Å². The molecule has 2 heteroatoms. The fourth-order valence-electron chi connectivity index (χ4n) is 1.86. The van der Waals surface area contributed by atoms with Crippen molar-refractivity contribution in [3.8, 4) is 0 Å². The Morgan fingerprint density at radius 2 is 1.65 bits per heavy atom. The van der Waals surface area contributed by atoms with E-state index in [9.17, 15) is 0 Å². The van der Waals surface area contributed by atoms with Crippen LogP contribution in [0.25, 0.3) is 0 Å². The minimum atomic E-state index is 0.0426. The summed E-state index contributed by atoms with van der Waals surface area (Å²) in [4.78, 5) is 1.27. The molecule has 0 aliphatic carbocycles. The lowest BCUT2D eigenvalue weighted by Crippen LogP contribution is -1.97. The van der Waals surface area contributed by atoms with Gasteiger partial charge in [-0.15, -0.1) is 23.4 Å². The van der Waals surface area contributed by atoms with Crippen LogP contribution in [0.15, 0.2) is 59.5 Å². The third-order valence-corrected chi connectivity index (χ3v) is 3.94. The molecule has 2 aromatic rings. The summed E-state index contributed by atoms with van der Waals surface area (Å²) in [7, 11) is 0. The second-order valence-corrected chi connectivity index (χ2v) is 5.27. The normalized spacial score (nSPS) is 12.4. The van der Waals surface area contributed by atoms with Gasteiger partial charge in [0.2, 0.25) is 0 Å². The van der Waals surface area contributed by atoms with Gasteiger partial charge in [0.1, 0.15) is 0 Å². The van der Waals surface area contributed by atoms with Crippen LogP contribution < -0.4 is 0 Å². The van der Waals surface area contributed by atoms with Crippen LogP contribution >= 0.6 is 23.4 Å². The third-order valence-electron chi connectivity index (χ3n) is 2.73. The molecule has 0 spiro atoms. The van der Waals surface area contributed by atoms with Gasteiger partial charge < -0.3 is 0 Å². The van der Waals surface area contributed by atoms with Gasteiger partial charge in [-0.25, -0.2) is 0 Å². The van der Waals surface area contributed by atoms with Gasteiger partial charge in [0.05, 0.1) is 5.38 Å². The summed E-state index contributed by atoms with van der Waals surface area (Å²) in [6.07, 6.45) is 2.96. The molecule has 0 saturated carbocycles. The van der Waals surface area contributed by atoms with E-state index >= 15 is 0 Å². The van der Waals surface area contributed by atoms with E-state index in [1.807, 2.05) is 6.07 Å². The molecule has 2 aromatic carbocycles. The third kappa shape index (κ3) is 3.27. The number of halogens is 1. The van der Waals surface area contributed by atoms with Gasteiger partial charge in [0.15, 0.2) is 0 Å². The van der Waals surface area contributed by atoms with Crippen molar-refractivity contribution < 1.29 is 0 Å². The minimum Gasteiger partial charge on any atom is -0.129 e. The van der Waals surface area contributed by atoms with Crippen molar-refractivity contribution in [1.82, 2.24) is 0 Å². The van der Waals surface area contributed by atoms with Gasteiger partial charge in [0.25, 0.3) is 0 Å². The van der Waals surface area contributed by atoms with Crippen molar-refractivity contribution in [2.75, 3.05) is 6.26 Å². The first kappa shape index (κ1) is 12.5. The summed E-state index contributed by atoms with van der Waals surface area (Å²) in [5, 5.41) is 0.0426. The Morgan fingerprint density at radius 1 is 1.00 bits per heavy atom. The monoisotopic (exact) mass is 262 g/mol. The standard InChI is InChI=1S/C15H15ClS/c1-17-15-10-6-5-9-13(15)14(16)11-12-7-3-2-4-8-12/h2-10,14H,11H2,1H3. The van der Waals surface area contributed by atoms with Crippen molar-refractivity contribution in [3.05, 3.63) is 65.7 Å². The Kier molecular flexibility index (Phi) is 4.52. The molecule has 0 N–H and O–H groups in total. The predicted octanol–water partition coefficient (Wildman–Crippen LogP) is 4.93. The average Bonchev–Trinajstić information content (AvgIpc) is 2.40. The lowest BCUT2D eigenvalue weighted by molar-refractivity contribution is 0.897. The molecule has 88 valence electrons. The molecular weight excluding hydrogens is 248 g/mol. The zero-order valence-electron chi connectivity index (χ0n) is 9.77. The van der Waals surface area contributed by atoms with Crippen LogP contribution in [-0.4, -0.2) is 6.26 Å². The first-order chi connectivity index (χ1) is 8.31. The molecule has 2 rings (SSSR count). The number of hydrogen-bond acceptors (Lipinski definition) is 1. The molecule has 17 heavy (non-hydrogen) atoms. The summed E-state index contributed by atoms with van der Waals surface area (Å²) < 4.78 is 0. The topological polar surface area (TPSA) is 0 Å². The highest BCUT2D eigenvalue weighted by molar-refractivity contribution is 7.98. The van der Waals surface area contributed by atoms with Crippen molar-refractivity contribution in [1.29, 1.82) is 0 Å². The lowest BCUT2D eigenvalue weighted by Gasteiger charge is -2.13. The summed E-state index contributed by atoms with van der Waals surface area (Å²) in [6.45, 7) is 0. The second kappa shape index (κ2) is 6.13. The fraction of sp³-hybridized carbons (Fsp3) is 0.200. The maximum Gasteiger partial charge on any atom is 0.0636 e. The first-order valence-electron chi connectivity index (χ1n) is 5.62. The fourth-order valence-corrected chi connectivity index (χ4v) is 2.95. The summed E-state index contributed by atoms with van der Waals surface area (Å²) >= 11 is 8.26. The molecule has 0 saturated heterocycles. The highest BCUT2D eigenvalue weighted by atomic mass is 35.5. The maximum absolute atomic E-state index is 6.51. The molecular formula is C15H15ClS. The molecule has 0 fully saturated rings. The van der Waals surface area contributed by atoms with Gasteiger partial charge >= 0.3 is 0 Å². The average molecular weight is 263 g/mol. The molecule has 0 aromatic heterocycles. The van der Waals surface area contributed by atoms with E-state index in [1.54, 1.807) is 11.8 Å². The Labute approximate surface area is 112 Å². The highest BCUT2D eigenvalue weighted by Crippen LogP contribution is 2.32. The lowest BCUT2D eigenvalue weighted by atomic mass is 10.0. The van der Waals surface area contributed by atoms with Crippen LogP contribution in [0.5, 0.6) is 0 Å². The van der Waals surface area contributed by atoms with E-state index in [2.05, 4.69) is 54.8 Å². The zero-order valence-corrected chi connectivity index (χ0v) is 11.3. The van der Waals surface area contributed by atoms with Crippen LogP contribution in [0.4, 0.5) is 0 Å². The molecule has 0 aliphatic heterocycles. The van der Waals surface area contributed by atoms with Crippen LogP contribution in [-0.2, 0) is 6.42 Å². The molecule has 0 amide bonds. The number of hydrogen-bond donors (Lipinski definition) is 0. The van der Waals surface area contributed by atoms with Crippen LogP contribution in [0.3, 0.4) is 0 Å². The smallest absolute Gasteiger partial charge is 0.0636 e. The number of thioether (sulfide) groups is 1. The summed E-state index contributed by atoms with van der Waals surface area (Å²) in [6, 6.07) is 18.7. The van der Waals surface area contributed by atoms with Crippen LogP contribution in [0.2, 0.25) is 0 Å². The van der Waals surface area contributed by atoms with Crippen molar-refractivity contribution in [2.45, 2.75) is 16.7 Å². The SMILES string of the molecule is CSc1ccccc1C(Cl)Cc1ccccc1. The quantitative estimate of drug-likeness (QED) is 0.556. The molecule has 0 nitrogen and oxygen atoms in total. The Hall–Kier alpha value is -0.920. The number of alkyl halides is 1. The zero-order chi connectivity index (χ0) is 12.1. The number of benzene rings is 2. The van der Waals surface area contributed by atoms with E-state index in [0.717, 1.165) is 6.42 Å². The molecule has 1 unspecified atom stereocenters. The van der Waals surface area contributed by atoms with E-state index in [0.29, 0.717) is 0 Å². The minimum absolute atomic E-state index is 0.0426. The van der Waals surface area contributed by atoms with Crippen molar-refractivity contribution >= 4 is 23.4 Å². The Bertz CT molecular complexity index is 467. The van der Waals surface area contributed by atoms with Gasteiger partial charge in [-0.2, -0.15) is 0 Å². The molecule has 1 atom stereocenters. The maximum atomic E-state index is 6.51. The first-order valence-corrected chi connectivity index (χ1v) is 7.28. The van der Waals surface area contributed by atoms with E-state index in [4.69, 9.17) is 11.6 Å². The Morgan fingerprint density at radius 3 is 2.35 bits per heavy atom. The van der Waals surface area contributed by atoms with Gasteiger partial charge in [-0.05, 0) is 29.9 Å². The molecule has 0 aliphatic rings. The van der Waals surface area contributed by atoms with Crippen molar-refractivity contribution in [3.63, 3.8) is 0 Å². The number of rotatable bonds is 4. The van der Waals surface area contributed by atoms with Gasteiger partial charge in [-0.1, -0.05) is 48.5 Å². The largest absolute Gasteiger partial charge is 0.129 e. The molecule has 0 radical (unpaired) electrons. The second-order valence-electron chi connectivity index (χ2n) is 3.90. The van der Waals surface area contributed by atoms with E-state index in [-0.39, 0.29) is 5.38 Å². The van der Waals surface area contributed by atoms with Crippen molar-refractivity contribution in [2.24, 2.45) is 0 Å². The van der Waals surface area contributed by atoms with Gasteiger partial charge in [-0.3, -0.25) is 0 Å². The summed E-state index contributed by atoms with van der Waals surface area (Å²) in [5.74, 6) is 0. The van der Waals surface area contributed by atoms with Crippen LogP contribution in [0, 0.1) is 0 Å².